The summed E-state index contributed by atoms with van der Waals surface area (Å²) in [6.45, 7) is 4.30. The van der Waals surface area contributed by atoms with Crippen molar-refractivity contribution in [3.63, 3.8) is 0 Å². The Morgan fingerprint density at radius 2 is 1.79 bits per heavy atom. The normalized spacial score (nSPS) is 17.9. The number of aliphatic imine (C=N–C) groups is 1. The van der Waals surface area contributed by atoms with Crippen molar-refractivity contribution in [3.05, 3.63) is 29.8 Å². The molecule has 0 aromatic heterocycles. The highest BCUT2D eigenvalue weighted by Crippen LogP contribution is 2.28. The van der Waals surface area contributed by atoms with Gasteiger partial charge in [0.2, 0.25) is 5.91 Å². The minimum atomic E-state index is 0. The first-order valence-corrected chi connectivity index (χ1v) is 10.3. The SMILES string of the molecule is CN=C(NCCNC(=O)C1CC1)NCC(c1ccc(OC)cc1)N1CCCC1.I. The molecule has 1 aromatic carbocycles. The molecule has 1 atom stereocenters. The van der Waals surface area contributed by atoms with Gasteiger partial charge in [0.15, 0.2) is 5.96 Å². The van der Waals surface area contributed by atoms with Gasteiger partial charge < -0.3 is 20.7 Å². The minimum absolute atomic E-state index is 0. The van der Waals surface area contributed by atoms with Crippen LogP contribution in [0.1, 0.15) is 37.3 Å². The molecule has 0 bridgehead atoms. The summed E-state index contributed by atoms with van der Waals surface area (Å²) in [4.78, 5) is 18.5. The van der Waals surface area contributed by atoms with Gasteiger partial charge in [-0.3, -0.25) is 14.7 Å². The molecule has 1 amide bonds. The molecule has 29 heavy (non-hydrogen) atoms. The Kier molecular flexibility index (Phi) is 9.99. The maximum absolute atomic E-state index is 11.7. The van der Waals surface area contributed by atoms with Crippen LogP contribution < -0.4 is 20.7 Å². The predicted molar refractivity (Wildman–Crippen MR) is 127 cm³/mol. The van der Waals surface area contributed by atoms with Crippen LogP contribution in [0.25, 0.3) is 0 Å². The first kappa shape index (κ1) is 23.7. The zero-order valence-electron chi connectivity index (χ0n) is 17.4. The molecule has 8 heteroatoms. The van der Waals surface area contributed by atoms with Crippen molar-refractivity contribution in [2.75, 3.05) is 46.9 Å². The molecule has 1 aromatic rings. The third-order valence-corrected chi connectivity index (χ3v) is 5.43. The van der Waals surface area contributed by atoms with Crippen LogP contribution in [0, 0.1) is 5.92 Å². The van der Waals surface area contributed by atoms with E-state index < -0.39 is 0 Å². The smallest absolute Gasteiger partial charge is 0.223 e. The number of likely N-dealkylation sites (tertiary alicyclic amines) is 1. The Bertz CT molecular complexity index is 658. The molecule has 1 saturated heterocycles. The van der Waals surface area contributed by atoms with Gasteiger partial charge in [-0.25, -0.2) is 0 Å². The monoisotopic (exact) mass is 515 g/mol. The van der Waals surface area contributed by atoms with Crippen molar-refractivity contribution >= 4 is 35.8 Å². The van der Waals surface area contributed by atoms with Crippen LogP contribution in [0.3, 0.4) is 0 Å². The van der Waals surface area contributed by atoms with Crippen LogP contribution in [0.5, 0.6) is 5.75 Å². The van der Waals surface area contributed by atoms with E-state index in [2.05, 4.69) is 38.0 Å². The van der Waals surface area contributed by atoms with Gasteiger partial charge in [0.05, 0.1) is 13.2 Å². The number of ether oxygens (including phenoxy) is 1. The molecule has 1 aliphatic carbocycles. The second-order valence-electron chi connectivity index (χ2n) is 7.48. The first-order chi connectivity index (χ1) is 13.7. The molecule has 0 spiro atoms. The van der Waals surface area contributed by atoms with Crippen molar-refractivity contribution in [1.29, 1.82) is 0 Å². The molecule has 1 aliphatic heterocycles. The van der Waals surface area contributed by atoms with Gasteiger partial charge in [-0.1, -0.05) is 12.1 Å². The fourth-order valence-electron chi connectivity index (χ4n) is 3.61. The Balaban J connectivity index is 0.00000300. The number of benzene rings is 1. The van der Waals surface area contributed by atoms with Crippen LogP contribution in [-0.4, -0.2) is 63.6 Å². The van der Waals surface area contributed by atoms with E-state index in [4.69, 9.17) is 4.74 Å². The Hall–Kier alpha value is -1.55. The van der Waals surface area contributed by atoms with E-state index in [1.165, 1.54) is 18.4 Å². The van der Waals surface area contributed by atoms with Gasteiger partial charge in [0.1, 0.15) is 5.75 Å². The second-order valence-corrected chi connectivity index (χ2v) is 7.48. The van der Waals surface area contributed by atoms with Gasteiger partial charge in [0.25, 0.3) is 0 Å². The topological polar surface area (TPSA) is 78.0 Å². The van der Waals surface area contributed by atoms with Gasteiger partial charge in [0, 0.05) is 32.6 Å². The molecule has 7 nitrogen and oxygen atoms in total. The summed E-state index contributed by atoms with van der Waals surface area (Å²) >= 11 is 0. The molecule has 1 unspecified atom stereocenters. The number of carbonyl (C=O) groups excluding carboxylic acids is 1. The summed E-state index contributed by atoms with van der Waals surface area (Å²) in [6.07, 6.45) is 4.57. The van der Waals surface area contributed by atoms with E-state index in [-0.39, 0.29) is 35.8 Å². The fraction of sp³-hybridized carbons (Fsp3) is 0.619. The quantitative estimate of drug-likeness (QED) is 0.203. The number of methoxy groups -OCH3 is 1. The molecule has 2 aliphatic rings. The highest BCUT2D eigenvalue weighted by atomic mass is 127. The first-order valence-electron chi connectivity index (χ1n) is 10.3. The Labute approximate surface area is 191 Å². The highest BCUT2D eigenvalue weighted by molar-refractivity contribution is 14.0. The van der Waals surface area contributed by atoms with Crippen LogP contribution in [0.4, 0.5) is 0 Å². The summed E-state index contributed by atoms with van der Waals surface area (Å²) in [5, 5.41) is 9.70. The molecule has 1 saturated carbocycles. The number of halogens is 1. The lowest BCUT2D eigenvalue weighted by molar-refractivity contribution is -0.122. The molecule has 1 heterocycles. The van der Waals surface area contributed by atoms with Gasteiger partial charge >= 0.3 is 0 Å². The highest BCUT2D eigenvalue weighted by Gasteiger charge is 2.29. The summed E-state index contributed by atoms with van der Waals surface area (Å²) < 4.78 is 5.29. The van der Waals surface area contributed by atoms with E-state index in [1.54, 1.807) is 14.2 Å². The van der Waals surface area contributed by atoms with Crippen molar-refractivity contribution in [2.45, 2.75) is 31.7 Å². The number of hydrogen-bond acceptors (Lipinski definition) is 4. The minimum Gasteiger partial charge on any atom is -0.497 e. The van der Waals surface area contributed by atoms with Crippen LogP contribution in [0.2, 0.25) is 0 Å². The lowest BCUT2D eigenvalue weighted by Gasteiger charge is -2.29. The summed E-state index contributed by atoms with van der Waals surface area (Å²) in [6, 6.07) is 8.63. The van der Waals surface area contributed by atoms with Gasteiger partial charge in [-0.2, -0.15) is 0 Å². The molecule has 0 radical (unpaired) electrons. The molecule has 162 valence electrons. The lowest BCUT2D eigenvalue weighted by atomic mass is 10.1. The standard InChI is InChI=1S/C21H33N5O2.HI/c1-22-21(24-12-11-23-20(27)17-5-6-17)25-15-19(26-13-3-4-14-26)16-7-9-18(28-2)10-8-16;/h7-10,17,19H,3-6,11-15H2,1-2H3,(H,23,27)(H2,22,24,25);1H. The maximum atomic E-state index is 11.7. The van der Waals surface area contributed by atoms with E-state index in [1.807, 2.05) is 12.1 Å². The van der Waals surface area contributed by atoms with Crippen molar-refractivity contribution < 1.29 is 9.53 Å². The summed E-state index contributed by atoms with van der Waals surface area (Å²) in [7, 11) is 3.47. The molecule has 3 rings (SSSR count). The number of amides is 1. The summed E-state index contributed by atoms with van der Waals surface area (Å²) in [5.74, 6) is 2.07. The Morgan fingerprint density at radius 1 is 1.14 bits per heavy atom. The average Bonchev–Trinajstić information content (AvgIpc) is 3.45. The Morgan fingerprint density at radius 3 is 2.38 bits per heavy atom. The predicted octanol–water partition coefficient (Wildman–Crippen LogP) is 2.14. The van der Waals surface area contributed by atoms with Crippen LogP contribution in [-0.2, 0) is 4.79 Å². The van der Waals surface area contributed by atoms with Crippen LogP contribution >= 0.6 is 24.0 Å². The van der Waals surface area contributed by atoms with Gasteiger partial charge in [-0.15, -0.1) is 24.0 Å². The number of hydrogen-bond donors (Lipinski definition) is 3. The third-order valence-electron chi connectivity index (χ3n) is 5.43. The average molecular weight is 515 g/mol. The van der Waals surface area contributed by atoms with Gasteiger partial charge in [-0.05, 0) is 56.5 Å². The fourth-order valence-corrected chi connectivity index (χ4v) is 3.61. The molecule has 3 N–H and O–H groups in total. The largest absolute Gasteiger partial charge is 0.497 e. The van der Waals surface area contributed by atoms with E-state index in [0.29, 0.717) is 19.1 Å². The summed E-state index contributed by atoms with van der Waals surface area (Å²) in [5.41, 5.74) is 1.28. The van der Waals surface area contributed by atoms with E-state index >= 15 is 0 Å². The molecule has 2 fully saturated rings. The van der Waals surface area contributed by atoms with Crippen molar-refractivity contribution in [1.82, 2.24) is 20.9 Å². The lowest BCUT2D eigenvalue weighted by Crippen LogP contribution is -2.44. The number of rotatable bonds is 9. The van der Waals surface area contributed by atoms with E-state index in [0.717, 1.165) is 44.2 Å². The molecular weight excluding hydrogens is 481 g/mol. The van der Waals surface area contributed by atoms with Crippen molar-refractivity contribution in [3.8, 4) is 5.75 Å². The number of guanidine groups is 1. The number of nitrogens with zero attached hydrogens (tertiary/aromatic N) is 2. The third kappa shape index (κ3) is 7.33. The van der Waals surface area contributed by atoms with E-state index in [9.17, 15) is 4.79 Å². The zero-order chi connectivity index (χ0) is 19.8. The number of nitrogens with one attached hydrogen (secondary N) is 3. The second kappa shape index (κ2) is 12.2. The number of carbonyl (C=O) groups is 1. The molecular formula is C21H34IN5O2. The van der Waals surface area contributed by atoms with Crippen LogP contribution in [0.15, 0.2) is 29.3 Å². The zero-order valence-corrected chi connectivity index (χ0v) is 19.8. The maximum Gasteiger partial charge on any atom is 0.223 e. The van der Waals surface area contributed by atoms with Crippen molar-refractivity contribution in [2.24, 2.45) is 10.9 Å².